The van der Waals surface area contributed by atoms with Crippen molar-refractivity contribution in [2.24, 2.45) is 4.99 Å². The van der Waals surface area contributed by atoms with Crippen LogP contribution in [0.1, 0.15) is 32.1 Å². The Morgan fingerprint density at radius 1 is 1.31 bits per heavy atom. The van der Waals surface area contributed by atoms with Crippen molar-refractivity contribution < 1.29 is 0 Å². The lowest BCUT2D eigenvalue weighted by Crippen LogP contribution is -2.22. The van der Waals surface area contributed by atoms with Crippen LogP contribution in [-0.4, -0.2) is 29.9 Å². The summed E-state index contributed by atoms with van der Waals surface area (Å²) in [7, 11) is 0. The zero-order chi connectivity index (χ0) is 8.93. The minimum absolute atomic E-state index is 0.916. The largest absolute Gasteiger partial charge is 0.371 e. The Labute approximate surface area is 84.6 Å². The Bertz CT molecular complexity index is 185. The molecule has 1 fully saturated rings. The number of hydrogen-bond donors (Lipinski definition) is 1. The highest BCUT2D eigenvalue weighted by Gasteiger charge is 2.15. The van der Waals surface area contributed by atoms with Gasteiger partial charge in [-0.15, -0.1) is 0 Å². The third kappa shape index (κ3) is 2.90. The van der Waals surface area contributed by atoms with Crippen LogP contribution in [0, 0.1) is 0 Å². The van der Waals surface area contributed by atoms with E-state index in [-0.39, 0.29) is 0 Å². The monoisotopic (exact) mass is 198 g/mol. The molecule has 0 bridgehead atoms. The van der Waals surface area contributed by atoms with E-state index in [4.69, 9.17) is 0 Å². The predicted octanol–water partition coefficient (Wildman–Crippen LogP) is 2.05. The molecule has 2 nitrogen and oxygen atoms in total. The average molecular weight is 198 g/mol. The summed E-state index contributed by atoms with van der Waals surface area (Å²) in [5, 5.41) is 4.24. The van der Waals surface area contributed by atoms with Crippen LogP contribution < -0.4 is 5.32 Å². The number of amidine groups is 1. The SMILES string of the molecule is C1CCC(SCC2=NCCN2)CC1. The van der Waals surface area contributed by atoms with E-state index in [1.165, 1.54) is 37.9 Å². The van der Waals surface area contributed by atoms with E-state index in [2.05, 4.69) is 22.1 Å². The second-order valence-electron chi connectivity index (χ2n) is 3.83. The molecule has 0 radical (unpaired) electrons. The summed E-state index contributed by atoms with van der Waals surface area (Å²) in [5.41, 5.74) is 0. The quantitative estimate of drug-likeness (QED) is 0.750. The van der Waals surface area contributed by atoms with Crippen molar-refractivity contribution in [3.05, 3.63) is 0 Å². The minimum Gasteiger partial charge on any atom is -0.371 e. The minimum atomic E-state index is 0.916. The Kier molecular flexibility index (Phi) is 3.53. The first-order valence-corrected chi connectivity index (χ1v) is 6.39. The van der Waals surface area contributed by atoms with Gasteiger partial charge in [0.1, 0.15) is 5.84 Å². The lowest BCUT2D eigenvalue weighted by Gasteiger charge is -2.20. The smallest absolute Gasteiger partial charge is 0.106 e. The van der Waals surface area contributed by atoms with Gasteiger partial charge in [0.2, 0.25) is 0 Å². The van der Waals surface area contributed by atoms with Crippen LogP contribution in [0.2, 0.25) is 0 Å². The summed E-state index contributed by atoms with van der Waals surface area (Å²) < 4.78 is 0. The fourth-order valence-electron chi connectivity index (χ4n) is 1.97. The molecule has 2 aliphatic rings. The van der Waals surface area contributed by atoms with Crippen LogP contribution in [0.4, 0.5) is 0 Å². The molecule has 3 heteroatoms. The molecule has 0 unspecified atom stereocenters. The highest BCUT2D eigenvalue weighted by atomic mass is 32.2. The Morgan fingerprint density at radius 3 is 2.85 bits per heavy atom. The molecule has 0 atom stereocenters. The number of nitrogens with zero attached hydrogens (tertiary/aromatic N) is 1. The molecule has 74 valence electrons. The standard InChI is InChI=1S/C10H18N2S/c1-2-4-9(5-3-1)13-8-10-11-6-7-12-10/h9H,1-8H2,(H,11,12). The van der Waals surface area contributed by atoms with Gasteiger partial charge in [-0.1, -0.05) is 19.3 Å². The molecular weight excluding hydrogens is 180 g/mol. The van der Waals surface area contributed by atoms with Gasteiger partial charge < -0.3 is 5.32 Å². The fraction of sp³-hybridized carbons (Fsp3) is 0.900. The highest BCUT2D eigenvalue weighted by molar-refractivity contribution is 8.00. The average Bonchev–Trinajstić information content (AvgIpc) is 2.69. The van der Waals surface area contributed by atoms with Crippen molar-refractivity contribution in [1.82, 2.24) is 5.32 Å². The van der Waals surface area contributed by atoms with E-state index >= 15 is 0 Å². The molecule has 1 saturated carbocycles. The number of aliphatic imine (C=N–C) groups is 1. The zero-order valence-corrected chi connectivity index (χ0v) is 8.91. The van der Waals surface area contributed by atoms with Crippen LogP contribution >= 0.6 is 11.8 Å². The van der Waals surface area contributed by atoms with E-state index in [1.807, 2.05) is 0 Å². The van der Waals surface area contributed by atoms with Gasteiger partial charge in [-0.2, -0.15) is 11.8 Å². The van der Waals surface area contributed by atoms with Crippen LogP contribution in [0.25, 0.3) is 0 Å². The van der Waals surface area contributed by atoms with Gasteiger partial charge in [-0.05, 0) is 12.8 Å². The molecule has 0 aromatic rings. The molecule has 1 aliphatic carbocycles. The van der Waals surface area contributed by atoms with E-state index in [1.54, 1.807) is 0 Å². The fourth-order valence-corrected chi connectivity index (χ4v) is 3.23. The van der Waals surface area contributed by atoms with E-state index in [0.29, 0.717) is 0 Å². The normalized spacial score (nSPS) is 24.2. The van der Waals surface area contributed by atoms with Gasteiger partial charge in [-0.25, -0.2) is 0 Å². The summed E-state index contributed by atoms with van der Waals surface area (Å²) in [6, 6.07) is 0. The number of rotatable bonds is 3. The van der Waals surface area contributed by atoms with Crippen LogP contribution in [0.5, 0.6) is 0 Å². The third-order valence-electron chi connectivity index (χ3n) is 2.75. The van der Waals surface area contributed by atoms with E-state index < -0.39 is 0 Å². The second-order valence-corrected chi connectivity index (χ2v) is 5.11. The molecule has 2 rings (SSSR count). The molecule has 1 N–H and O–H groups in total. The van der Waals surface area contributed by atoms with Gasteiger partial charge in [0.15, 0.2) is 0 Å². The molecule has 0 aromatic carbocycles. The molecule has 1 heterocycles. The van der Waals surface area contributed by atoms with Gasteiger partial charge >= 0.3 is 0 Å². The number of nitrogens with one attached hydrogen (secondary N) is 1. The summed E-state index contributed by atoms with van der Waals surface area (Å²) in [4.78, 5) is 4.40. The first-order chi connectivity index (χ1) is 6.45. The van der Waals surface area contributed by atoms with Gasteiger partial charge in [0, 0.05) is 11.8 Å². The number of thioether (sulfide) groups is 1. The highest BCUT2D eigenvalue weighted by Crippen LogP contribution is 2.28. The summed E-state index contributed by atoms with van der Waals surface area (Å²) in [6.45, 7) is 2.04. The Balaban J connectivity index is 1.66. The van der Waals surface area contributed by atoms with E-state index in [0.717, 1.165) is 24.1 Å². The Hall–Kier alpha value is -0.180. The van der Waals surface area contributed by atoms with Crippen molar-refractivity contribution in [3.63, 3.8) is 0 Å². The van der Waals surface area contributed by atoms with Crippen molar-refractivity contribution in [2.45, 2.75) is 37.4 Å². The van der Waals surface area contributed by atoms with Crippen LogP contribution in [-0.2, 0) is 0 Å². The topological polar surface area (TPSA) is 24.4 Å². The van der Waals surface area contributed by atoms with Crippen molar-refractivity contribution in [1.29, 1.82) is 0 Å². The molecule has 0 amide bonds. The molecule has 13 heavy (non-hydrogen) atoms. The summed E-state index contributed by atoms with van der Waals surface area (Å²) in [6.07, 6.45) is 7.20. The van der Waals surface area contributed by atoms with Crippen LogP contribution in [0.15, 0.2) is 4.99 Å². The molecule has 0 aromatic heterocycles. The molecule has 0 saturated heterocycles. The summed E-state index contributed by atoms with van der Waals surface area (Å²) in [5.74, 6) is 2.35. The lowest BCUT2D eigenvalue weighted by molar-refractivity contribution is 0.516. The second kappa shape index (κ2) is 4.89. The molecule has 0 spiro atoms. The van der Waals surface area contributed by atoms with Crippen molar-refractivity contribution in [3.8, 4) is 0 Å². The summed E-state index contributed by atoms with van der Waals surface area (Å²) >= 11 is 2.10. The maximum absolute atomic E-state index is 4.40. The van der Waals surface area contributed by atoms with Crippen LogP contribution in [0.3, 0.4) is 0 Å². The van der Waals surface area contributed by atoms with Gasteiger partial charge in [-0.3, -0.25) is 4.99 Å². The third-order valence-corrected chi connectivity index (χ3v) is 4.13. The number of hydrogen-bond acceptors (Lipinski definition) is 3. The maximum Gasteiger partial charge on any atom is 0.106 e. The van der Waals surface area contributed by atoms with Gasteiger partial charge in [0.05, 0.1) is 12.3 Å². The zero-order valence-electron chi connectivity index (χ0n) is 8.09. The molecule has 1 aliphatic heterocycles. The van der Waals surface area contributed by atoms with E-state index in [9.17, 15) is 0 Å². The first kappa shape index (κ1) is 9.38. The predicted molar refractivity (Wildman–Crippen MR) is 59.6 cm³/mol. The van der Waals surface area contributed by atoms with Crippen molar-refractivity contribution >= 4 is 17.6 Å². The molecular formula is C10H18N2S. The maximum atomic E-state index is 4.40. The lowest BCUT2D eigenvalue weighted by atomic mass is 10.0. The first-order valence-electron chi connectivity index (χ1n) is 5.34. The Morgan fingerprint density at radius 2 is 2.15 bits per heavy atom. The van der Waals surface area contributed by atoms with Gasteiger partial charge in [0.25, 0.3) is 0 Å². The van der Waals surface area contributed by atoms with Crippen molar-refractivity contribution in [2.75, 3.05) is 18.8 Å².